The van der Waals surface area contributed by atoms with E-state index >= 15 is 0 Å². The van der Waals surface area contributed by atoms with Gasteiger partial charge in [0.25, 0.3) is 0 Å². The van der Waals surface area contributed by atoms with Crippen molar-refractivity contribution in [2.24, 2.45) is 0 Å². The summed E-state index contributed by atoms with van der Waals surface area (Å²) in [5.41, 5.74) is 0. The Bertz CT molecular complexity index is 2010. The van der Waals surface area contributed by atoms with Crippen LogP contribution in [0.3, 0.4) is 0 Å². The lowest BCUT2D eigenvalue weighted by atomic mass is 9.84. The maximum Gasteiger partial charge on any atom is 0.472 e. The Hall–Kier alpha value is -2.04. The van der Waals surface area contributed by atoms with Crippen LogP contribution in [-0.4, -0.2) is 204 Å². The summed E-state index contributed by atoms with van der Waals surface area (Å²) < 4.78 is 65.0. The summed E-state index contributed by atoms with van der Waals surface area (Å²) in [6, 6.07) is 0. The number of esters is 3. The van der Waals surface area contributed by atoms with Crippen molar-refractivity contribution in [2.75, 3.05) is 26.4 Å². The summed E-state index contributed by atoms with van der Waals surface area (Å²) in [4.78, 5) is 51.0. The molecule has 11 N–H and O–H groups in total. The molecule has 0 radical (unpaired) electrons. The van der Waals surface area contributed by atoms with Gasteiger partial charge in [-0.05, 0) is 19.3 Å². The lowest BCUT2D eigenvalue weighted by molar-refractivity contribution is -0.360. The number of carbonyl (C=O) groups excluding carboxylic acids is 3. The number of hydrogen-bond donors (Lipinski definition) is 11. The van der Waals surface area contributed by atoms with Crippen LogP contribution in [0.25, 0.3) is 0 Å². The van der Waals surface area contributed by atoms with Gasteiger partial charge in [-0.25, -0.2) is 4.57 Å². The summed E-state index contributed by atoms with van der Waals surface area (Å²) in [6.45, 7) is 3.47. The standard InChI is InChI=1S/C72H135O24P/c1-4-7-10-13-16-19-22-25-27-28-30-33-36-39-42-45-48-58(76)91-53(50-88-56(74)46-43-40-37-34-31-24-21-18-15-12-9-6-3)51-90-97(86,87)96-70-68(94-71-66(84)61(79)59(77)54(49-73)92-71)64(82)63(81)65(83)69(70)95-72-67(85)62(80)60(78)55(93-72)52-89-57(75)47-44-41-38-35-32-29-26-23-20-17-14-11-8-5-2/h53-55,59-73,77-85H,4-52H2,1-3H3,(H,86,87). The fourth-order valence-corrected chi connectivity index (χ4v) is 13.8. The van der Waals surface area contributed by atoms with Crippen LogP contribution < -0.4 is 0 Å². The Morgan fingerprint density at radius 1 is 0.361 bits per heavy atom. The van der Waals surface area contributed by atoms with Crippen LogP contribution >= 0.6 is 7.82 Å². The molecule has 18 atom stereocenters. The van der Waals surface area contributed by atoms with Gasteiger partial charge in [-0.1, -0.05) is 271 Å². The van der Waals surface area contributed by atoms with E-state index in [-0.39, 0.29) is 19.3 Å². The maximum absolute atomic E-state index is 14.3. The number of phosphoric acid groups is 1. The highest BCUT2D eigenvalue weighted by atomic mass is 31.2. The second-order valence-corrected chi connectivity index (χ2v) is 29.1. The minimum atomic E-state index is -5.69. The smallest absolute Gasteiger partial charge is 0.463 e. The van der Waals surface area contributed by atoms with E-state index in [1.54, 1.807) is 0 Å². The number of hydrogen-bond acceptors (Lipinski definition) is 23. The predicted molar refractivity (Wildman–Crippen MR) is 365 cm³/mol. The summed E-state index contributed by atoms with van der Waals surface area (Å²) in [5, 5.41) is 110. The molecular formula is C72H135O24P. The van der Waals surface area contributed by atoms with Gasteiger partial charge in [0, 0.05) is 19.3 Å². The third-order valence-electron chi connectivity index (χ3n) is 19.1. The van der Waals surface area contributed by atoms with E-state index in [0.29, 0.717) is 19.3 Å². The number of aliphatic hydroxyl groups excluding tert-OH is 10. The van der Waals surface area contributed by atoms with Crippen molar-refractivity contribution in [1.82, 2.24) is 0 Å². The van der Waals surface area contributed by atoms with Gasteiger partial charge in [-0.2, -0.15) is 0 Å². The van der Waals surface area contributed by atoms with E-state index in [4.69, 9.17) is 42.2 Å². The van der Waals surface area contributed by atoms with Gasteiger partial charge < -0.3 is 89.1 Å². The zero-order chi connectivity index (χ0) is 71.1. The summed E-state index contributed by atoms with van der Waals surface area (Å²) in [5.74, 6) is -1.97. The number of rotatable bonds is 60. The van der Waals surface area contributed by atoms with Crippen LogP contribution in [0.1, 0.15) is 310 Å². The zero-order valence-corrected chi connectivity index (χ0v) is 60.5. The van der Waals surface area contributed by atoms with Crippen LogP contribution in [0, 0.1) is 0 Å². The maximum atomic E-state index is 14.3. The lowest BCUT2D eigenvalue weighted by Crippen LogP contribution is -2.69. The molecule has 3 aliphatic rings. The Labute approximate surface area is 580 Å². The fraction of sp³-hybridized carbons (Fsp3) is 0.958. The van der Waals surface area contributed by atoms with Crippen LogP contribution in [0.4, 0.5) is 0 Å². The zero-order valence-electron chi connectivity index (χ0n) is 59.6. The molecule has 0 aromatic rings. The molecule has 572 valence electrons. The van der Waals surface area contributed by atoms with Crippen LogP contribution in [0.2, 0.25) is 0 Å². The van der Waals surface area contributed by atoms with Crippen LogP contribution in [0.5, 0.6) is 0 Å². The van der Waals surface area contributed by atoms with Gasteiger partial charge in [0.15, 0.2) is 18.7 Å². The second-order valence-electron chi connectivity index (χ2n) is 27.7. The fourth-order valence-electron chi connectivity index (χ4n) is 12.9. The molecule has 3 fully saturated rings. The van der Waals surface area contributed by atoms with Crippen molar-refractivity contribution in [3.8, 4) is 0 Å². The molecule has 97 heavy (non-hydrogen) atoms. The van der Waals surface area contributed by atoms with E-state index in [0.717, 1.165) is 96.3 Å². The molecule has 18 unspecified atom stereocenters. The molecule has 0 spiro atoms. The third kappa shape index (κ3) is 37.8. The van der Waals surface area contributed by atoms with Crippen molar-refractivity contribution in [3.05, 3.63) is 0 Å². The number of ether oxygens (including phenoxy) is 7. The molecular weight excluding hydrogens is 1280 g/mol. The highest BCUT2D eigenvalue weighted by molar-refractivity contribution is 7.47. The first-order valence-corrected chi connectivity index (χ1v) is 39.8. The molecule has 0 bridgehead atoms. The highest BCUT2D eigenvalue weighted by Crippen LogP contribution is 2.49. The van der Waals surface area contributed by atoms with E-state index in [9.17, 15) is 74.9 Å². The normalized spacial score (nSPS) is 27.7. The van der Waals surface area contributed by atoms with Crippen molar-refractivity contribution in [3.63, 3.8) is 0 Å². The molecule has 2 saturated heterocycles. The topological polar surface area (TPSA) is 374 Å². The molecule has 1 aliphatic carbocycles. The van der Waals surface area contributed by atoms with Crippen molar-refractivity contribution in [1.29, 1.82) is 0 Å². The lowest BCUT2D eigenvalue weighted by Gasteiger charge is -2.49. The van der Waals surface area contributed by atoms with Crippen LogP contribution in [-0.2, 0) is 61.2 Å². The Balaban J connectivity index is 1.72. The number of phosphoric ester groups is 1. The molecule has 24 nitrogen and oxygen atoms in total. The Morgan fingerprint density at radius 2 is 0.660 bits per heavy atom. The largest absolute Gasteiger partial charge is 0.472 e. The van der Waals surface area contributed by atoms with Gasteiger partial charge in [0.2, 0.25) is 0 Å². The van der Waals surface area contributed by atoms with E-state index in [2.05, 4.69) is 20.8 Å². The summed E-state index contributed by atoms with van der Waals surface area (Å²) in [7, 11) is -5.69. The minimum Gasteiger partial charge on any atom is -0.463 e. The SMILES string of the molecule is CCCCCCCCCCCCCCCCCCC(=O)OC(COC(=O)CCCCCCCCCCCCCC)COP(=O)(O)OC1C(OC2OC(CO)C(O)C(O)C2O)C(O)C(O)C(O)C1OC1OC(COC(=O)CCCCCCCCCCCCCCCC)C(O)C(O)C1O. The van der Waals surface area contributed by atoms with Gasteiger partial charge in [-0.3, -0.25) is 23.4 Å². The van der Waals surface area contributed by atoms with Crippen molar-refractivity contribution >= 4 is 25.7 Å². The van der Waals surface area contributed by atoms with Crippen LogP contribution in [0.15, 0.2) is 0 Å². The molecule has 25 heteroatoms. The Kier molecular flexibility index (Phi) is 50.2. The third-order valence-corrected chi connectivity index (χ3v) is 20.1. The first-order valence-electron chi connectivity index (χ1n) is 38.3. The van der Waals surface area contributed by atoms with Crippen molar-refractivity contribution < 1.29 is 117 Å². The van der Waals surface area contributed by atoms with E-state index in [1.807, 2.05) is 0 Å². The van der Waals surface area contributed by atoms with E-state index < -0.39 is 156 Å². The molecule has 3 rings (SSSR count). The highest BCUT2D eigenvalue weighted by Gasteiger charge is 2.58. The molecule has 0 aromatic carbocycles. The molecule has 0 aromatic heterocycles. The summed E-state index contributed by atoms with van der Waals surface area (Å²) in [6.07, 6.45) is 11.6. The minimum absolute atomic E-state index is 0.0329. The van der Waals surface area contributed by atoms with Gasteiger partial charge in [0.1, 0.15) is 98.7 Å². The van der Waals surface area contributed by atoms with Crippen molar-refractivity contribution in [2.45, 2.75) is 414 Å². The van der Waals surface area contributed by atoms with E-state index in [1.165, 1.54) is 154 Å². The quantitative estimate of drug-likeness (QED) is 0.0117. The number of carbonyl (C=O) groups is 3. The molecule has 2 aliphatic heterocycles. The second kappa shape index (κ2) is 54.6. The monoisotopic (exact) mass is 1410 g/mol. The summed E-state index contributed by atoms with van der Waals surface area (Å²) >= 11 is 0. The first kappa shape index (κ1) is 89.2. The first-order chi connectivity index (χ1) is 46.8. The average molecular weight is 1420 g/mol. The number of aliphatic hydroxyl groups is 10. The number of unbranched alkanes of at least 4 members (excludes halogenated alkanes) is 39. The van der Waals surface area contributed by atoms with Gasteiger partial charge in [0.05, 0.1) is 13.2 Å². The predicted octanol–water partition coefficient (Wildman–Crippen LogP) is 10.6. The van der Waals surface area contributed by atoms with Gasteiger partial charge >= 0.3 is 25.7 Å². The molecule has 0 amide bonds. The van der Waals surface area contributed by atoms with Gasteiger partial charge in [-0.15, -0.1) is 0 Å². The Morgan fingerprint density at radius 3 is 1.01 bits per heavy atom. The molecule has 2 heterocycles. The molecule has 1 saturated carbocycles. The average Bonchev–Trinajstić information content (AvgIpc) is 0.764.